The normalized spacial score (nSPS) is 15.3. The number of aryl methyl sites for hydroxylation is 1. The third-order valence-electron chi connectivity index (χ3n) is 5.57. The first kappa shape index (κ1) is 26.7. The molecule has 0 spiro atoms. The standard InChI is InChI=1S/C26H22Cl2N2O6S/c1-4-35-25(34)21-14(3)29-26-30(22(21)16-7-5-13(2)6-8-16)24(33)19(37-26)11-15-9-17(27)23(18(28)10-15)36-12-20(31)32/h5-11,22H,4,12H2,1-3H3,(H,31,32)/b19-11+/t22-/m1/s1. The van der Waals surface area contributed by atoms with E-state index in [-0.39, 0.29) is 28.0 Å². The zero-order valence-electron chi connectivity index (χ0n) is 20.1. The fourth-order valence-electron chi connectivity index (χ4n) is 3.94. The molecule has 1 atom stereocenters. The lowest BCUT2D eigenvalue weighted by Gasteiger charge is -2.24. The number of hydrogen-bond donors (Lipinski definition) is 1. The van der Waals surface area contributed by atoms with Gasteiger partial charge in [0.2, 0.25) is 0 Å². The van der Waals surface area contributed by atoms with Gasteiger partial charge in [0, 0.05) is 0 Å². The van der Waals surface area contributed by atoms with Crippen LogP contribution in [0.1, 0.15) is 36.6 Å². The van der Waals surface area contributed by atoms with E-state index in [1.54, 1.807) is 19.9 Å². The summed E-state index contributed by atoms with van der Waals surface area (Å²) in [5, 5.41) is 9.05. The number of halogens is 2. The van der Waals surface area contributed by atoms with E-state index in [0.717, 1.165) is 11.1 Å². The molecule has 8 nitrogen and oxygen atoms in total. The summed E-state index contributed by atoms with van der Waals surface area (Å²) in [5.74, 6) is -1.66. The maximum absolute atomic E-state index is 13.7. The predicted octanol–water partition coefficient (Wildman–Crippen LogP) is 3.88. The van der Waals surface area contributed by atoms with Gasteiger partial charge < -0.3 is 14.6 Å². The van der Waals surface area contributed by atoms with Crippen molar-refractivity contribution >= 4 is 52.6 Å². The van der Waals surface area contributed by atoms with Gasteiger partial charge in [0.25, 0.3) is 5.56 Å². The van der Waals surface area contributed by atoms with Crippen LogP contribution in [0.5, 0.6) is 5.75 Å². The summed E-state index contributed by atoms with van der Waals surface area (Å²) in [6.45, 7) is 4.99. The maximum atomic E-state index is 13.7. The van der Waals surface area contributed by atoms with Crippen LogP contribution in [0.3, 0.4) is 0 Å². The first-order valence-electron chi connectivity index (χ1n) is 11.2. The van der Waals surface area contributed by atoms with Gasteiger partial charge in [-0.3, -0.25) is 9.36 Å². The van der Waals surface area contributed by atoms with Crippen molar-refractivity contribution in [3.63, 3.8) is 0 Å². The fourth-order valence-corrected chi connectivity index (χ4v) is 5.60. The zero-order valence-corrected chi connectivity index (χ0v) is 22.4. The Morgan fingerprint density at radius 1 is 1.16 bits per heavy atom. The third kappa shape index (κ3) is 5.49. The van der Waals surface area contributed by atoms with E-state index in [1.165, 1.54) is 28.0 Å². The van der Waals surface area contributed by atoms with E-state index in [4.69, 9.17) is 37.8 Å². The van der Waals surface area contributed by atoms with E-state index in [9.17, 15) is 14.4 Å². The van der Waals surface area contributed by atoms with Crippen LogP contribution in [0.4, 0.5) is 0 Å². The summed E-state index contributed by atoms with van der Waals surface area (Å²) in [4.78, 5) is 42.4. The van der Waals surface area contributed by atoms with Crippen molar-refractivity contribution in [3.05, 3.63) is 94.1 Å². The monoisotopic (exact) mass is 560 g/mol. The highest BCUT2D eigenvalue weighted by molar-refractivity contribution is 7.07. The van der Waals surface area contributed by atoms with Crippen LogP contribution in [0.15, 0.2) is 57.5 Å². The molecule has 1 aliphatic rings. The van der Waals surface area contributed by atoms with Crippen molar-refractivity contribution in [1.82, 2.24) is 4.57 Å². The molecule has 0 bridgehead atoms. The Morgan fingerprint density at radius 2 is 1.81 bits per heavy atom. The van der Waals surface area contributed by atoms with Crippen molar-refractivity contribution in [1.29, 1.82) is 0 Å². The van der Waals surface area contributed by atoms with Gasteiger partial charge in [0.05, 0.1) is 38.5 Å². The predicted molar refractivity (Wildman–Crippen MR) is 141 cm³/mol. The van der Waals surface area contributed by atoms with Crippen LogP contribution in [-0.2, 0) is 14.3 Å². The number of aromatic nitrogens is 1. The van der Waals surface area contributed by atoms with Gasteiger partial charge in [0.1, 0.15) is 0 Å². The molecule has 4 rings (SSSR count). The Balaban J connectivity index is 1.86. The van der Waals surface area contributed by atoms with Gasteiger partial charge in [-0.1, -0.05) is 64.4 Å². The third-order valence-corrected chi connectivity index (χ3v) is 7.11. The molecule has 192 valence electrons. The number of fused-ring (bicyclic) bond motifs is 1. The number of carboxylic acids is 1. The Bertz CT molecular complexity index is 1580. The lowest BCUT2D eigenvalue weighted by Crippen LogP contribution is -2.39. The van der Waals surface area contributed by atoms with E-state index < -0.39 is 24.6 Å². The minimum atomic E-state index is -1.17. The number of esters is 1. The molecule has 1 aromatic heterocycles. The first-order valence-corrected chi connectivity index (χ1v) is 12.8. The molecule has 0 radical (unpaired) electrons. The van der Waals surface area contributed by atoms with Gasteiger partial charge in [-0.15, -0.1) is 0 Å². The van der Waals surface area contributed by atoms with Crippen LogP contribution in [0.2, 0.25) is 10.0 Å². The van der Waals surface area contributed by atoms with Crippen molar-refractivity contribution in [2.45, 2.75) is 26.8 Å². The molecule has 1 aliphatic heterocycles. The fraction of sp³-hybridized carbons (Fsp3) is 0.231. The highest BCUT2D eigenvalue weighted by atomic mass is 35.5. The Hall–Kier alpha value is -3.40. The SMILES string of the molecule is CCOC(=O)C1=C(C)N=c2s/c(=C/c3cc(Cl)c(OCC(=O)O)c(Cl)c3)c(=O)n2[C@@H]1c1ccc(C)cc1. The molecule has 11 heteroatoms. The average molecular weight is 561 g/mol. The summed E-state index contributed by atoms with van der Waals surface area (Å²) >= 11 is 13.7. The molecule has 3 aromatic rings. The second kappa shape index (κ2) is 10.9. The Kier molecular flexibility index (Phi) is 7.87. The second-order valence-electron chi connectivity index (χ2n) is 8.21. The summed E-state index contributed by atoms with van der Waals surface area (Å²) in [7, 11) is 0. The van der Waals surface area contributed by atoms with E-state index in [0.29, 0.717) is 26.2 Å². The van der Waals surface area contributed by atoms with Crippen LogP contribution in [-0.4, -0.2) is 34.8 Å². The number of thiazole rings is 1. The molecule has 0 unspecified atom stereocenters. The largest absolute Gasteiger partial charge is 0.479 e. The number of rotatable bonds is 7. The summed E-state index contributed by atoms with van der Waals surface area (Å²) in [6.07, 6.45) is 1.61. The molecular formula is C26H22Cl2N2O6S. The summed E-state index contributed by atoms with van der Waals surface area (Å²) in [5.41, 5.74) is 2.73. The number of hydrogen-bond acceptors (Lipinski definition) is 7. The van der Waals surface area contributed by atoms with Gasteiger partial charge >= 0.3 is 11.9 Å². The number of carboxylic acid groups (broad SMARTS) is 1. The molecule has 0 saturated carbocycles. The van der Waals surface area contributed by atoms with Crippen molar-refractivity contribution < 1.29 is 24.2 Å². The highest BCUT2D eigenvalue weighted by Gasteiger charge is 2.33. The molecule has 0 saturated heterocycles. The first-order chi connectivity index (χ1) is 17.6. The van der Waals surface area contributed by atoms with Gasteiger partial charge in [-0.2, -0.15) is 0 Å². The molecule has 1 N–H and O–H groups in total. The van der Waals surface area contributed by atoms with Gasteiger partial charge in [-0.25, -0.2) is 14.6 Å². The number of benzene rings is 2. The number of carbonyl (C=O) groups excluding carboxylic acids is 1. The second-order valence-corrected chi connectivity index (χ2v) is 10.0. The van der Waals surface area contributed by atoms with E-state index in [2.05, 4.69) is 4.99 Å². The molecule has 2 heterocycles. The smallest absolute Gasteiger partial charge is 0.341 e. The molecule has 37 heavy (non-hydrogen) atoms. The maximum Gasteiger partial charge on any atom is 0.341 e. The number of carbonyl (C=O) groups is 2. The Labute approximate surface area is 225 Å². The molecule has 0 fully saturated rings. The summed E-state index contributed by atoms with van der Waals surface area (Å²) in [6, 6.07) is 9.93. The molecule has 0 aliphatic carbocycles. The number of nitrogens with zero attached hydrogens (tertiary/aromatic N) is 2. The quantitative estimate of drug-likeness (QED) is 0.439. The summed E-state index contributed by atoms with van der Waals surface area (Å²) < 4.78 is 12.3. The van der Waals surface area contributed by atoms with Crippen LogP contribution < -0.4 is 19.6 Å². The minimum Gasteiger partial charge on any atom is -0.479 e. The lowest BCUT2D eigenvalue weighted by atomic mass is 9.95. The van der Waals surface area contributed by atoms with Gasteiger partial charge in [-0.05, 0) is 50.1 Å². The lowest BCUT2D eigenvalue weighted by molar-refractivity contribution is -0.140. The van der Waals surface area contributed by atoms with Crippen molar-refractivity contribution in [2.24, 2.45) is 4.99 Å². The van der Waals surface area contributed by atoms with Crippen LogP contribution in [0.25, 0.3) is 6.08 Å². The van der Waals surface area contributed by atoms with E-state index >= 15 is 0 Å². The number of aliphatic carboxylic acids is 1. The minimum absolute atomic E-state index is 0.0402. The highest BCUT2D eigenvalue weighted by Crippen LogP contribution is 2.35. The van der Waals surface area contributed by atoms with Crippen molar-refractivity contribution in [3.8, 4) is 5.75 Å². The molecule has 0 amide bonds. The van der Waals surface area contributed by atoms with Crippen LogP contribution in [0, 0.1) is 6.92 Å². The van der Waals surface area contributed by atoms with Gasteiger partial charge in [0.15, 0.2) is 17.2 Å². The molecular weight excluding hydrogens is 539 g/mol. The topological polar surface area (TPSA) is 107 Å². The van der Waals surface area contributed by atoms with E-state index in [1.807, 2.05) is 31.2 Å². The average Bonchev–Trinajstić information content (AvgIpc) is 3.12. The molecule has 2 aromatic carbocycles. The number of allylic oxidation sites excluding steroid dienone is 1. The van der Waals surface area contributed by atoms with Crippen LogP contribution >= 0.6 is 34.5 Å². The van der Waals surface area contributed by atoms with Crippen molar-refractivity contribution in [2.75, 3.05) is 13.2 Å². The number of ether oxygens (including phenoxy) is 2. The Morgan fingerprint density at radius 3 is 2.41 bits per heavy atom. The zero-order chi connectivity index (χ0) is 26.9.